The van der Waals surface area contributed by atoms with Gasteiger partial charge < -0.3 is 10.4 Å². The van der Waals surface area contributed by atoms with Gasteiger partial charge >= 0.3 is 0 Å². The number of anilines is 1. The molecule has 1 aromatic heterocycles. The standard InChI is InChI=1S/C13H14BrNOS/c1-8-3-5-11(9(2)13(8)16)15-7-10-4-6-12(14)17-10/h3-6,15-16H,7H2,1-2H3. The van der Waals surface area contributed by atoms with E-state index in [-0.39, 0.29) is 0 Å². The second kappa shape index (κ2) is 5.10. The van der Waals surface area contributed by atoms with Gasteiger partial charge in [-0.25, -0.2) is 0 Å². The Hall–Kier alpha value is -1.000. The molecule has 0 bridgehead atoms. The van der Waals surface area contributed by atoms with Gasteiger partial charge in [0, 0.05) is 22.7 Å². The normalized spacial score (nSPS) is 10.5. The molecule has 90 valence electrons. The first-order chi connectivity index (χ1) is 8.08. The van der Waals surface area contributed by atoms with Gasteiger partial charge in [-0.1, -0.05) is 6.07 Å². The molecule has 0 saturated heterocycles. The zero-order chi connectivity index (χ0) is 12.4. The number of halogens is 1. The molecule has 0 unspecified atom stereocenters. The molecule has 17 heavy (non-hydrogen) atoms. The number of thiophene rings is 1. The Labute approximate surface area is 113 Å². The molecule has 2 nitrogen and oxygen atoms in total. The first-order valence-electron chi connectivity index (χ1n) is 5.35. The SMILES string of the molecule is Cc1ccc(NCc2ccc(Br)s2)c(C)c1O. The fraction of sp³-hybridized carbons (Fsp3) is 0.231. The fourth-order valence-corrected chi connectivity index (χ4v) is 3.08. The Morgan fingerprint density at radius 1 is 1.24 bits per heavy atom. The molecule has 2 rings (SSSR count). The van der Waals surface area contributed by atoms with Crippen LogP contribution in [-0.4, -0.2) is 5.11 Å². The maximum absolute atomic E-state index is 9.84. The molecule has 0 spiro atoms. The second-order valence-corrected chi connectivity index (χ2v) is 6.51. The van der Waals surface area contributed by atoms with Crippen molar-refractivity contribution in [1.82, 2.24) is 0 Å². The topological polar surface area (TPSA) is 32.3 Å². The van der Waals surface area contributed by atoms with Crippen molar-refractivity contribution in [1.29, 1.82) is 0 Å². The number of hydrogen-bond donors (Lipinski definition) is 2. The van der Waals surface area contributed by atoms with Gasteiger partial charge in [0.15, 0.2) is 0 Å². The molecule has 2 N–H and O–H groups in total. The summed E-state index contributed by atoms with van der Waals surface area (Å²) >= 11 is 5.16. The van der Waals surface area contributed by atoms with E-state index in [0.29, 0.717) is 5.75 Å². The van der Waals surface area contributed by atoms with Crippen molar-refractivity contribution in [3.8, 4) is 5.75 Å². The largest absolute Gasteiger partial charge is 0.507 e. The van der Waals surface area contributed by atoms with Crippen LogP contribution in [0.1, 0.15) is 16.0 Å². The molecule has 0 saturated carbocycles. The van der Waals surface area contributed by atoms with Crippen molar-refractivity contribution in [3.63, 3.8) is 0 Å². The molecular weight excluding hydrogens is 298 g/mol. The Bertz CT molecular complexity index is 536. The van der Waals surface area contributed by atoms with Crippen LogP contribution in [0.4, 0.5) is 5.69 Å². The van der Waals surface area contributed by atoms with Crippen LogP contribution in [0.3, 0.4) is 0 Å². The van der Waals surface area contributed by atoms with Gasteiger partial charge in [0.25, 0.3) is 0 Å². The third kappa shape index (κ3) is 2.82. The van der Waals surface area contributed by atoms with Crippen molar-refractivity contribution in [2.45, 2.75) is 20.4 Å². The number of nitrogens with one attached hydrogen (secondary N) is 1. The fourth-order valence-electron chi connectivity index (χ4n) is 1.66. The maximum Gasteiger partial charge on any atom is 0.123 e. The predicted molar refractivity (Wildman–Crippen MR) is 76.9 cm³/mol. The quantitative estimate of drug-likeness (QED) is 0.878. The summed E-state index contributed by atoms with van der Waals surface area (Å²) in [6.07, 6.45) is 0. The molecule has 0 aliphatic heterocycles. The maximum atomic E-state index is 9.84. The van der Waals surface area contributed by atoms with Crippen molar-refractivity contribution in [3.05, 3.63) is 44.1 Å². The Morgan fingerprint density at radius 2 is 2.00 bits per heavy atom. The lowest BCUT2D eigenvalue weighted by Crippen LogP contribution is -1.99. The number of rotatable bonds is 3. The molecule has 0 aliphatic carbocycles. The zero-order valence-electron chi connectivity index (χ0n) is 9.75. The molecule has 0 fully saturated rings. The van der Waals surface area contributed by atoms with Gasteiger partial charge in [-0.2, -0.15) is 0 Å². The Morgan fingerprint density at radius 3 is 2.65 bits per heavy atom. The number of benzene rings is 1. The van der Waals surface area contributed by atoms with Gasteiger partial charge in [-0.3, -0.25) is 0 Å². The number of aromatic hydroxyl groups is 1. The number of phenolic OH excluding ortho intramolecular Hbond substituents is 1. The number of phenols is 1. The monoisotopic (exact) mass is 311 g/mol. The van der Waals surface area contributed by atoms with Crippen LogP contribution in [-0.2, 0) is 6.54 Å². The first-order valence-corrected chi connectivity index (χ1v) is 6.96. The van der Waals surface area contributed by atoms with E-state index >= 15 is 0 Å². The molecule has 0 radical (unpaired) electrons. The molecule has 1 aromatic carbocycles. The molecule has 2 aromatic rings. The highest BCUT2D eigenvalue weighted by Crippen LogP contribution is 2.29. The van der Waals surface area contributed by atoms with Crippen LogP contribution in [0.25, 0.3) is 0 Å². The first kappa shape index (κ1) is 12.5. The minimum Gasteiger partial charge on any atom is -0.507 e. The van der Waals surface area contributed by atoms with E-state index < -0.39 is 0 Å². The molecule has 0 atom stereocenters. The molecule has 0 amide bonds. The minimum atomic E-state index is 0.377. The Kier molecular flexibility index (Phi) is 3.74. The summed E-state index contributed by atoms with van der Waals surface area (Å²) in [6, 6.07) is 8.06. The van der Waals surface area contributed by atoms with Crippen LogP contribution in [0.2, 0.25) is 0 Å². The van der Waals surface area contributed by atoms with Crippen molar-refractivity contribution in [2.24, 2.45) is 0 Å². The van der Waals surface area contributed by atoms with Crippen molar-refractivity contribution >= 4 is 33.0 Å². The van der Waals surface area contributed by atoms with Gasteiger partial charge in [0.1, 0.15) is 5.75 Å². The summed E-state index contributed by atoms with van der Waals surface area (Å²) in [5.41, 5.74) is 2.80. The van der Waals surface area contributed by atoms with Crippen molar-refractivity contribution in [2.75, 3.05) is 5.32 Å². The summed E-state index contributed by atoms with van der Waals surface area (Å²) in [7, 11) is 0. The minimum absolute atomic E-state index is 0.377. The molecule has 1 heterocycles. The lowest BCUT2D eigenvalue weighted by Gasteiger charge is -2.11. The number of aryl methyl sites for hydroxylation is 1. The summed E-state index contributed by atoms with van der Waals surface area (Å²) in [5, 5.41) is 13.2. The summed E-state index contributed by atoms with van der Waals surface area (Å²) in [5.74, 6) is 0.377. The third-order valence-electron chi connectivity index (χ3n) is 2.71. The molecular formula is C13H14BrNOS. The predicted octanol–water partition coefficient (Wildman–Crippen LogP) is 4.45. The van der Waals surface area contributed by atoms with Crippen molar-refractivity contribution < 1.29 is 5.11 Å². The van der Waals surface area contributed by atoms with E-state index in [2.05, 4.69) is 27.3 Å². The summed E-state index contributed by atoms with van der Waals surface area (Å²) in [4.78, 5) is 1.26. The van der Waals surface area contributed by atoms with E-state index in [1.54, 1.807) is 11.3 Å². The molecule has 0 aliphatic rings. The average Bonchev–Trinajstić information content (AvgIpc) is 2.71. The van der Waals surface area contributed by atoms with Gasteiger partial charge in [-0.05, 0) is 53.5 Å². The zero-order valence-corrected chi connectivity index (χ0v) is 12.2. The third-order valence-corrected chi connectivity index (χ3v) is 4.34. The average molecular weight is 312 g/mol. The van der Waals surface area contributed by atoms with E-state index in [4.69, 9.17) is 0 Å². The summed E-state index contributed by atoms with van der Waals surface area (Å²) < 4.78 is 1.14. The molecule has 4 heteroatoms. The van der Waals surface area contributed by atoms with Crippen LogP contribution in [0.15, 0.2) is 28.1 Å². The van der Waals surface area contributed by atoms with E-state index in [0.717, 1.165) is 27.1 Å². The van der Waals surface area contributed by atoms with Crippen LogP contribution in [0, 0.1) is 13.8 Å². The lowest BCUT2D eigenvalue weighted by molar-refractivity contribution is 0.467. The van der Waals surface area contributed by atoms with E-state index in [9.17, 15) is 5.11 Å². The van der Waals surface area contributed by atoms with E-state index in [1.807, 2.05) is 32.0 Å². The Balaban J connectivity index is 2.12. The van der Waals surface area contributed by atoms with E-state index in [1.165, 1.54) is 4.88 Å². The highest BCUT2D eigenvalue weighted by molar-refractivity contribution is 9.11. The van der Waals surface area contributed by atoms with Gasteiger partial charge in [0.2, 0.25) is 0 Å². The highest BCUT2D eigenvalue weighted by Gasteiger charge is 2.06. The second-order valence-electron chi connectivity index (χ2n) is 3.96. The lowest BCUT2D eigenvalue weighted by atomic mass is 10.1. The van der Waals surface area contributed by atoms with Crippen LogP contribution in [0.5, 0.6) is 5.75 Å². The van der Waals surface area contributed by atoms with Gasteiger partial charge in [0.05, 0.1) is 3.79 Å². The summed E-state index contributed by atoms with van der Waals surface area (Å²) in [6.45, 7) is 4.61. The van der Waals surface area contributed by atoms with Gasteiger partial charge in [-0.15, -0.1) is 11.3 Å². The smallest absolute Gasteiger partial charge is 0.123 e. The van der Waals surface area contributed by atoms with Crippen LogP contribution < -0.4 is 5.32 Å². The highest BCUT2D eigenvalue weighted by atomic mass is 79.9. The van der Waals surface area contributed by atoms with Crippen LogP contribution >= 0.6 is 27.3 Å². The number of hydrogen-bond acceptors (Lipinski definition) is 3.